The molecule has 0 bridgehead atoms. The van der Waals surface area contributed by atoms with E-state index in [2.05, 4.69) is 6.58 Å². The van der Waals surface area contributed by atoms with Gasteiger partial charge in [0.15, 0.2) is 5.41 Å². The van der Waals surface area contributed by atoms with Crippen molar-refractivity contribution in [1.29, 1.82) is 0 Å². The molecule has 0 saturated heterocycles. The highest BCUT2D eigenvalue weighted by atomic mass is 16.5. The number of hydrogen-bond donors (Lipinski definition) is 0. The standard InChI is InChI=1S/C19H24O4/c1-13(2)18(3)11-15(14-9-7-6-8-10-14)12-19(18,16(20)22-4)17(21)23-5/h6-10,15H,1,11-12H2,2-5H3/t15-,18-/m0/s1. The van der Waals surface area contributed by atoms with Crippen molar-refractivity contribution in [2.45, 2.75) is 32.6 Å². The molecule has 1 aliphatic rings. The van der Waals surface area contributed by atoms with Gasteiger partial charge in [0.2, 0.25) is 0 Å². The molecule has 0 spiro atoms. The van der Waals surface area contributed by atoms with Crippen molar-refractivity contribution in [3.05, 3.63) is 48.0 Å². The second-order valence-corrected chi connectivity index (χ2v) is 6.52. The summed E-state index contributed by atoms with van der Waals surface area (Å²) in [5, 5.41) is 0. The minimum atomic E-state index is -1.36. The lowest BCUT2D eigenvalue weighted by Gasteiger charge is -2.39. The molecular formula is C19H24O4. The lowest BCUT2D eigenvalue weighted by atomic mass is 9.63. The molecule has 1 aromatic carbocycles. The molecule has 0 heterocycles. The Balaban J connectivity index is 2.59. The van der Waals surface area contributed by atoms with Crippen molar-refractivity contribution >= 4 is 11.9 Å². The Morgan fingerprint density at radius 3 is 2.04 bits per heavy atom. The summed E-state index contributed by atoms with van der Waals surface area (Å²) in [6.07, 6.45) is 1.01. The maximum atomic E-state index is 12.7. The Bertz CT molecular complexity index is 604. The topological polar surface area (TPSA) is 52.6 Å². The second kappa shape index (κ2) is 6.19. The molecule has 0 unspecified atom stereocenters. The quantitative estimate of drug-likeness (QED) is 0.485. The van der Waals surface area contributed by atoms with Gasteiger partial charge in [-0.1, -0.05) is 49.4 Å². The fourth-order valence-corrected chi connectivity index (χ4v) is 3.88. The van der Waals surface area contributed by atoms with Gasteiger partial charge in [-0.05, 0) is 31.2 Å². The third kappa shape index (κ3) is 2.46. The van der Waals surface area contributed by atoms with Crippen LogP contribution in [-0.2, 0) is 19.1 Å². The van der Waals surface area contributed by atoms with Crippen molar-refractivity contribution < 1.29 is 19.1 Å². The zero-order chi connectivity index (χ0) is 17.3. The maximum absolute atomic E-state index is 12.7. The number of rotatable bonds is 4. The molecule has 23 heavy (non-hydrogen) atoms. The zero-order valence-electron chi connectivity index (χ0n) is 14.2. The number of benzene rings is 1. The average molecular weight is 316 g/mol. The van der Waals surface area contributed by atoms with E-state index in [0.717, 1.165) is 11.1 Å². The molecule has 1 aliphatic carbocycles. The Morgan fingerprint density at radius 2 is 1.61 bits per heavy atom. The van der Waals surface area contributed by atoms with Crippen LogP contribution in [0.5, 0.6) is 0 Å². The van der Waals surface area contributed by atoms with Gasteiger partial charge in [0.05, 0.1) is 14.2 Å². The third-order valence-corrected chi connectivity index (χ3v) is 5.43. The molecule has 1 saturated carbocycles. The van der Waals surface area contributed by atoms with Gasteiger partial charge >= 0.3 is 11.9 Å². The maximum Gasteiger partial charge on any atom is 0.324 e. The summed E-state index contributed by atoms with van der Waals surface area (Å²) in [7, 11) is 2.61. The fourth-order valence-electron chi connectivity index (χ4n) is 3.88. The molecular weight excluding hydrogens is 292 g/mol. The largest absolute Gasteiger partial charge is 0.468 e. The number of methoxy groups -OCH3 is 2. The van der Waals surface area contributed by atoms with E-state index in [4.69, 9.17) is 9.47 Å². The number of ether oxygens (including phenoxy) is 2. The molecule has 124 valence electrons. The van der Waals surface area contributed by atoms with E-state index >= 15 is 0 Å². The fraction of sp³-hybridized carbons (Fsp3) is 0.474. The lowest BCUT2D eigenvalue weighted by molar-refractivity contribution is -0.175. The summed E-state index contributed by atoms with van der Waals surface area (Å²) in [4.78, 5) is 25.3. The first-order chi connectivity index (χ1) is 10.8. The minimum Gasteiger partial charge on any atom is -0.468 e. The van der Waals surface area contributed by atoms with Crippen LogP contribution in [0.15, 0.2) is 42.5 Å². The lowest BCUT2D eigenvalue weighted by Crippen LogP contribution is -2.50. The predicted molar refractivity (Wildman–Crippen MR) is 87.8 cm³/mol. The Morgan fingerprint density at radius 1 is 1.09 bits per heavy atom. The summed E-state index contributed by atoms with van der Waals surface area (Å²) in [6, 6.07) is 9.92. The van der Waals surface area contributed by atoms with Crippen molar-refractivity contribution in [3.63, 3.8) is 0 Å². The third-order valence-electron chi connectivity index (χ3n) is 5.43. The Hall–Kier alpha value is -2.10. The molecule has 2 atom stereocenters. The van der Waals surface area contributed by atoms with Crippen molar-refractivity contribution in [1.82, 2.24) is 0 Å². The smallest absolute Gasteiger partial charge is 0.324 e. The number of esters is 2. The normalized spacial score (nSPS) is 25.7. The average Bonchev–Trinajstić information content (AvgIpc) is 2.90. The van der Waals surface area contributed by atoms with E-state index < -0.39 is 22.8 Å². The zero-order valence-corrected chi connectivity index (χ0v) is 14.2. The molecule has 1 fully saturated rings. The van der Waals surface area contributed by atoms with Crippen molar-refractivity contribution in [2.24, 2.45) is 10.8 Å². The van der Waals surface area contributed by atoms with Gasteiger partial charge in [0, 0.05) is 5.41 Å². The van der Waals surface area contributed by atoms with Crippen LogP contribution in [0.3, 0.4) is 0 Å². The molecule has 4 heteroatoms. The highest BCUT2D eigenvalue weighted by Crippen LogP contribution is 2.62. The van der Waals surface area contributed by atoms with E-state index in [1.54, 1.807) is 0 Å². The van der Waals surface area contributed by atoms with Crippen LogP contribution in [0, 0.1) is 10.8 Å². The molecule has 0 amide bonds. The first kappa shape index (κ1) is 17.3. The van der Waals surface area contributed by atoms with E-state index in [-0.39, 0.29) is 5.92 Å². The van der Waals surface area contributed by atoms with Crippen LogP contribution < -0.4 is 0 Å². The first-order valence-corrected chi connectivity index (χ1v) is 7.71. The Labute approximate surface area is 137 Å². The van der Waals surface area contributed by atoms with E-state index in [0.29, 0.717) is 12.8 Å². The van der Waals surface area contributed by atoms with Crippen LogP contribution in [0.4, 0.5) is 0 Å². The highest BCUT2D eigenvalue weighted by molar-refractivity contribution is 6.02. The number of carbonyl (C=O) groups is 2. The first-order valence-electron chi connectivity index (χ1n) is 7.71. The van der Waals surface area contributed by atoms with Gasteiger partial charge in [0.25, 0.3) is 0 Å². The molecule has 0 N–H and O–H groups in total. The summed E-state index contributed by atoms with van der Waals surface area (Å²) >= 11 is 0. The van der Waals surface area contributed by atoms with Crippen LogP contribution in [0.2, 0.25) is 0 Å². The Kier molecular flexibility index (Phi) is 4.64. The van der Waals surface area contributed by atoms with E-state index in [1.165, 1.54) is 14.2 Å². The van der Waals surface area contributed by atoms with Gasteiger partial charge in [0.1, 0.15) is 0 Å². The molecule has 2 rings (SSSR count). The number of hydrogen-bond acceptors (Lipinski definition) is 4. The summed E-state index contributed by atoms with van der Waals surface area (Å²) in [6.45, 7) is 7.81. The SMILES string of the molecule is C=C(C)[C@]1(C)C[C@H](c2ccccc2)CC1(C(=O)OC)C(=O)OC. The molecule has 0 radical (unpaired) electrons. The van der Waals surface area contributed by atoms with Crippen molar-refractivity contribution in [3.8, 4) is 0 Å². The number of carbonyl (C=O) groups excluding carboxylic acids is 2. The summed E-state index contributed by atoms with van der Waals surface area (Å²) < 4.78 is 10.0. The van der Waals surface area contributed by atoms with Gasteiger partial charge in [-0.3, -0.25) is 9.59 Å². The van der Waals surface area contributed by atoms with Crippen molar-refractivity contribution in [2.75, 3.05) is 14.2 Å². The summed E-state index contributed by atoms with van der Waals surface area (Å²) in [5.74, 6) is -1.03. The molecule has 1 aromatic rings. The summed E-state index contributed by atoms with van der Waals surface area (Å²) in [5.41, 5.74) is -0.183. The second-order valence-electron chi connectivity index (χ2n) is 6.52. The van der Waals surface area contributed by atoms with Gasteiger partial charge < -0.3 is 9.47 Å². The monoisotopic (exact) mass is 316 g/mol. The van der Waals surface area contributed by atoms with Gasteiger partial charge in [-0.2, -0.15) is 0 Å². The van der Waals surface area contributed by atoms with Crippen LogP contribution in [-0.4, -0.2) is 26.2 Å². The predicted octanol–water partition coefficient (Wildman–Crippen LogP) is 3.48. The van der Waals surface area contributed by atoms with Crippen LogP contribution in [0.25, 0.3) is 0 Å². The van der Waals surface area contributed by atoms with E-state index in [1.807, 2.05) is 44.2 Å². The molecule has 0 aliphatic heterocycles. The van der Waals surface area contributed by atoms with Crippen LogP contribution >= 0.6 is 0 Å². The van der Waals surface area contributed by atoms with Gasteiger partial charge in [-0.15, -0.1) is 0 Å². The van der Waals surface area contributed by atoms with Crippen LogP contribution in [0.1, 0.15) is 38.2 Å². The molecule has 4 nitrogen and oxygen atoms in total. The minimum absolute atomic E-state index is 0.0658. The van der Waals surface area contributed by atoms with Gasteiger partial charge in [-0.25, -0.2) is 0 Å². The number of allylic oxidation sites excluding steroid dienone is 1. The highest BCUT2D eigenvalue weighted by Gasteiger charge is 2.66. The van der Waals surface area contributed by atoms with E-state index in [9.17, 15) is 9.59 Å². The molecule has 0 aromatic heterocycles.